The quantitative estimate of drug-likeness (QED) is 0.427. The summed E-state index contributed by atoms with van der Waals surface area (Å²) in [5.74, 6) is 0.637. The number of nitrogen functional groups attached to an aromatic ring is 1. The van der Waals surface area contributed by atoms with Crippen molar-refractivity contribution in [2.75, 3.05) is 11.5 Å². The van der Waals surface area contributed by atoms with E-state index in [1.54, 1.807) is 4.57 Å². The topological polar surface area (TPSA) is 161 Å². The fourth-order valence-corrected chi connectivity index (χ4v) is 3.41. The molecule has 1 aliphatic heterocycles. The van der Waals surface area contributed by atoms with E-state index in [0.717, 1.165) is 0 Å². The van der Waals surface area contributed by atoms with Crippen LogP contribution in [-0.2, 0) is 4.74 Å². The molecule has 5 N–H and O–H groups in total. The van der Waals surface area contributed by atoms with Gasteiger partial charge in [-0.3, -0.25) is 9.67 Å². The first-order valence-electron chi connectivity index (χ1n) is 7.08. The zero-order valence-electron chi connectivity index (χ0n) is 12.2. The molecule has 4 rings (SSSR count). The Bertz CT molecular complexity index is 840. The molecule has 0 bridgehead atoms. The molecule has 4 atom stereocenters. The molecule has 4 heterocycles. The summed E-state index contributed by atoms with van der Waals surface area (Å²) in [5.41, 5.74) is 6.61. The fourth-order valence-electron chi connectivity index (χ4n) is 2.58. The number of imidazole rings is 1. The van der Waals surface area contributed by atoms with E-state index >= 15 is 0 Å². The molecule has 0 unspecified atom stereocenters. The molecular weight excluding hydrogens is 336 g/mol. The molecular formula is C12H14N8O3S. The lowest BCUT2D eigenvalue weighted by molar-refractivity contribution is -0.0289. The van der Waals surface area contributed by atoms with Crippen LogP contribution in [0, 0.1) is 0 Å². The van der Waals surface area contributed by atoms with Gasteiger partial charge in [0.15, 0.2) is 22.8 Å². The Balaban J connectivity index is 1.56. The Labute approximate surface area is 139 Å². The summed E-state index contributed by atoms with van der Waals surface area (Å²) in [7, 11) is 0. The minimum atomic E-state index is -1.13. The van der Waals surface area contributed by atoms with Crippen LogP contribution >= 0.6 is 11.8 Å². The van der Waals surface area contributed by atoms with E-state index in [1.807, 2.05) is 0 Å². The van der Waals surface area contributed by atoms with Crippen molar-refractivity contribution in [2.45, 2.75) is 29.7 Å². The Morgan fingerprint density at radius 1 is 1.21 bits per heavy atom. The van der Waals surface area contributed by atoms with E-state index in [-0.39, 0.29) is 5.82 Å². The lowest BCUT2D eigenvalue weighted by atomic mass is 10.1. The number of aromatic amines is 1. The van der Waals surface area contributed by atoms with Crippen LogP contribution in [0.2, 0.25) is 0 Å². The Kier molecular flexibility index (Phi) is 3.80. The highest BCUT2D eigenvalue weighted by Crippen LogP contribution is 2.33. The molecule has 12 heteroatoms. The smallest absolute Gasteiger partial charge is 0.183 e. The first kappa shape index (κ1) is 15.3. The highest BCUT2D eigenvalue weighted by molar-refractivity contribution is 7.99. The number of aromatic nitrogens is 7. The van der Waals surface area contributed by atoms with Gasteiger partial charge in [0, 0.05) is 5.75 Å². The number of nitrogens with one attached hydrogen (secondary N) is 1. The van der Waals surface area contributed by atoms with Crippen molar-refractivity contribution < 1.29 is 14.9 Å². The van der Waals surface area contributed by atoms with E-state index in [2.05, 4.69) is 30.1 Å². The summed E-state index contributed by atoms with van der Waals surface area (Å²) in [6.07, 6.45) is 0.582. The number of hydrogen-bond donors (Lipinski definition) is 4. The molecule has 0 aromatic carbocycles. The number of H-pyrrole nitrogens is 1. The van der Waals surface area contributed by atoms with Crippen LogP contribution < -0.4 is 5.73 Å². The summed E-state index contributed by atoms with van der Waals surface area (Å²) < 4.78 is 7.36. The summed E-state index contributed by atoms with van der Waals surface area (Å²) in [6.45, 7) is 0. The van der Waals surface area contributed by atoms with Crippen molar-refractivity contribution >= 4 is 28.7 Å². The molecule has 0 amide bonds. The zero-order valence-corrected chi connectivity index (χ0v) is 13.0. The standard InChI is InChI=1S/C12H14N8O3S/c13-9-6-10(15-2-14-9)20(4-17-6)11-8(22)7(21)5(23-11)1-24-12-16-3-18-19-12/h2-5,7-8,11,21-22H,1H2,(H2,13,14,15)(H,16,18,19)/t5-,7-,8-,11-/m1/s1. The van der Waals surface area contributed by atoms with Gasteiger partial charge < -0.3 is 20.7 Å². The van der Waals surface area contributed by atoms with Gasteiger partial charge in [-0.15, -0.1) is 0 Å². The van der Waals surface area contributed by atoms with E-state index in [4.69, 9.17) is 10.5 Å². The van der Waals surface area contributed by atoms with E-state index in [0.29, 0.717) is 22.1 Å². The number of ether oxygens (including phenoxy) is 1. The van der Waals surface area contributed by atoms with Crippen molar-refractivity contribution in [1.82, 2.24) is 34.7 Å². The third-order valence-electron chi connectivity index (χ3n) is 3.78. The Morgan fingerprint density at radius 3 is 2.88 bits per heavy atom. The third kappa shape index (κ3) is 2.49. The number of anilines is 1. The summed E-state index contributed by atoms with van der Waals surface area (Å²) in [6, 6.07) is 0. The van der Waals surface area contributed by atoms with E-state index < -0.39 is 24.5 Å². The molecule has 0 saturated carbocycles. The minimum absolute atomic E-state index is 0.240. The number of aliphatic hydroxyl groups excluding tert-OH is 2. The molecule has 3 aromatic rings. The first-order chi connectivity index (χ1) is 11.6. The lowest BCUT2D eigenvalue weighted by Gasteiger charge is -2.16. The van der Waals surface area contributed by atoms with Gasteiger partial charge in [-0.05, 0) is 0 Å². The Morgan fingerprint density at radius 2 is 2.08 bits per heavy atom. The van der Waals surface area contributed by atoms with E-state index in [9.17, 15) is 10.2 Å². The van der Waals surface area contributed by atoms with Gasteiger partial charge in [0.25, 0.3) is 0 Å². The van der Waals surface area contributed by atoms with Crippen LogP contribution in [0.5, 0.6) is 0 Å². The second kappa shape index (κ2) is 5.98. The predicted octanol–water partition coefficient (Wildman–Crippen LogP) is -1.06. The number of fused-ring (bicyclic) bond motifs is 1. The van der Waals surface area contributed by atoms with Crippen LogP contribution in [0.4, 0.5) is 5.82 Å². The lowest BCUT2D eigenvalue weighted by Crippen LogP contribution is -2.32. The van der Waals surface area contributed by atoms with Crippen LogP contribution in [0.15, 0.2) is 24.1 Å². The SMILES string of the molecule is Nc1ncnc2c1ncn2[C@@H]1O[C@H](CSc2ncn[nH]2)[C@@H](O)[C@H]1O. The largest absolute Gasteiger partial charge is 0.387 e. The molecule has 1 aliphatic rings. The fraction of sp³-hybridized carbons (Fsp3) is 0.417. The van der Waals surface area contributed by atoms with Crippen molar-refractivity contribution in [3.63, 3.8) is 0 Å². The summed E-state index contributed by atoms with van der Waals surface area (Å²) in [5, 5.41) is 27.7. The van der Waals surface area contributed by atoms with Gasteiger partial charge in [-0.2, -0.15) is 5.10 Å². The van der Waals surface area contributed by atoms with Gasteiger partial charge in [0.05, 0.1) is 12.4 Å². The van der Waals surface area contributed by atoms with Crippen molar-refractivity contribution in [3.05, 3.63) is 19.0 Å². The molecule has 1 fully saturated rings. The number of hydrogen-bond acceptors (Lipinski definition) is 10. The maximum absolute atomic E-state index is 10.3. The molecule has 126 valence electrons. The van der Waals surface area contributed by atoms with Crippen molar-refractivity contribution in [1.29, 1.82) is 0 Å². The average molecular weight is 350 g/mol. The van der Waals surface area contributed by atoms with Crippen LogP contribution in [0.25, 0.3) is 11.2 Å². The minimum Gasteiger partial charge on any atom is -0.387 e. The Hall–Kier alpha value is -2.28. The summed E-state index contributed by atoms with van der Waals surface area (Å²) in [4.78, 5) is 16.1. The third-order valence-corrected chi connectivity index (χ3v) is 4.74. The molecule has 24 heavy (non-hydrogen) atoms. The predicted molar refractivity (Wildman–Crippen MR) is 82.8 cm³/mol. The number of nitrogens with two attached hydrogens (primary N) is 1. The van der Waals surface area contributed by atoms with Gasteiger partial charge in [0.2, 0.25) is 0 Å². The number of thioether (sulfide) groups is 1. The van der Waals surface area contributed by atoms with Gasteiger partial charge in [-0.25, -0.2) is 19.9 Å². The molecule has 11 nitrogen and oxygen atoms in total. The molecule has 0 aliphatic carbocycles. The normalized spacial score (nSPS) is 27.1. The van der Waals surface area contributed by atoms with Gasteiger partial charge >= 0.3 is 0 Å². The number of nitrogens with zero attached hydrogens (tertiary/aromatic N) is 6. The maximum atomic E-state index is 10.3. The second-order valence-electron chi connectivity index (χ2n) is 5.23. The summed E-state index contributed by atoms with van der Waals surface area (Å²) >= 11 is 1.34. The zero-order chi connectivity index (χ0) is 16.7. The highest BCUT2D eigenvalue weighted by Gasteiger charge is 2.44. The first-order valence-corrected chi connectivity index (χ1v) is 8.06. The van der Waals surface area contributed by atoms with Crippen molar-refractivity contribution in [3.8, 4) is 0 Å². The van der Waals surface area contributed by atoms with Gasteiger partial charge in [0.1, 0.15) is 30.4 Å². The van der Waals surface area contributed by atoms with E-state index in [1.165, 1.54) is 30.7 Å². The van der Waals surface area contributed by atoms with Crippen molar-refractivity contribution in [2.24, 2.45) is 0 Å². The number of rotatable bonds is 4. The van der Waals surface area contributed by atoms with Crippen LogP contribution in [0.1, 0.15) is 6.23 Å². The van der Waals surface area contributed by atoms with Gasteiger partial charge in [-0.1, -0.05) is 11.8 Å². The molecule has 3 aromatic heterocycles. The highest BCUT2D eigenvalue weighted by atomic mass is 32.2. The molecule has 0 radical (unpaired) electrons. The second-order valence-corrected chi connectivity index (χ2v) is 6.24. The number of aliphatic hydroxyl groups is 2. The molecule has 0 spiro atoms. The maximum Gasteiger partial charge on any atom is 0.183 e. The molecule has 1 saturated heterocycles. The van der Waals surface area contributed by atoms with Crippen LogP contribution in [-0.4, -0.2) is 69.0 Å². The van der Waals surface area contributed by atoms with Crippen LogP contribution in [0.3, 0.4) is 0 Å². The average Bonchev–Trinajstić information content (AvgIpc) is 3.28. The monoisotopic (exact) mass is 350 g/mol.